The molecule has 0 atom stereocenters. The summed E-state index contributed by atoms with van der Waals surface area (Å²) >= 11 is 5.70. The van der Waals surface area contributed by atoms with Crippen LogP contribution in [0.15, 0.2) is 10.9 Å². The monoisotopic (exact) mass is 353 g/mol. The number of nitrogens with one attached hydrogen (secondary N) is 3. The predicted molar refractivity (Wildman–Crippen MR) is 88.1 cm³/mol. The number of likely N-dealkylation sites (tertiary alicyclic amines) is 1. The largest absolute Gasteiger partial charge is 0.349 e. The second kappa shape index (κ2) is 7.21. The van der Waals surface area contributed by atoms with E-state index in [0.29, 0.717) is 32.0 Å². The van der Waals surface area contributed by atoms with E-state index < -0.39 is 11.5 Å². The summed E-state index contributed by atoms with van der Waals surface area (Å²) in [5, 5.41) is 11.6. The molecule has 8 nitrogen and oxygen atoms in total. The van der Waals surface area contributed by atoms with E-state index in [9.17, 15) is 14.4 Å². The van der Waals surface area contributed by atoms with Gasteiger partial charge in [-0.15, -0.1) is 0 Å². The van der Waals surface area contributed by atoms with Crippen LogP contribution in [0, 0.1) is 0 Å². The number of hydrogen-bond donors (Lipinski definition) is 3. The van der Waals surface area contributed by atoms with Crippen LogP contribution in [0.3, 0.4) is 0 Å². The number of carbonyl (C=O) groups excluding carboxylic acids is 2. The Kier molecular flexibility index (Phi) is 5.03. The fourth-order valence-corrected chi connectivity index (χ4v) is 3.01. The van der Waals surface area contributed by atoms with E-state index in [-0.39, 0.29) is 22.8 Å². The zero-order valence-corrected chi connectivity index (χ0v) is 13.9. The molecule has 1 aromatic heterocycles. The molecule has 3 rings (SSSR count). The molecule has 3 N–H and O–H groups in total. The van der Waals surface area contributed by atoms with Crippen molar-refractivity contribution in [2.24, 2.45) is 0 Å². The number of aromatic nitrogens is 2. The van der Waals surface area contributed by atoms with Crippen LogP contribution in [0.4, 0.5) is 4.79 Å². The molecule has 24 heavy (non-hydrogen) atoms. The number of carbonyl (C=O) groups is 2. The topological polar surface area (TPSA) is 107 Å². The number of aromatic amines is 1. The standard InChI is InChI=1S/C15H20ClN5O3/c16-12-8-11(14(23)20-19-12)13(22)17-10-4-6-21(7-5-10)15(24)18-9-2-1-3-9/h8-10H,1-7H2,(H,17,22)(H,18,24)(H,20,23). The van der Waals surface area contributed by atoms with Crippen LogP contribution in [0.1, 0.15) is 42.5 Å². The summed E-state index contributed by atoms with van der Waals surface area (Å²) in [6.45, 7) is 1.16. The molecule has 1 saturated carbocycles. The second-order valence-corrected chi connectivity index (χ2v) is 6.63. The molecule has 0 spiro atoms. The SMILES string of the molecule is O=C(NC1CCN(C(=O)NC2CCC2)CC1)c1cc(Cl)n[nH]c1=O. The van der Waals surface area contributed by atoms with Crippen LogP contribution < -0.4 is 16.2 Å². The number of nitrogens with zero attached hydrogens (tertiary/aromatic N) is 2. The van der Waals surface area contributed by atoms with Crippen molar-refractivity contribution in [3.8, 4) is 0 Å². The van der Waals surface area contributed by atoms with Gasteiger partial charge >= 0.3 is 6.03 Å². The normalized spacial score (nSPS) is 18.8. The molecule has 0 aromatic carbocycles. The van der Waals surface area contributed by atoms with Gasteiger partial charge in [0.15, 0.2) is 0 Å². The Bertz CT molecular complexity index is 680. The van der Waals surface area contributed by atoms with Crippen LogP contribution >= 0.6 is 11.6 Å². The Hall–Kier alpha value is -2.09. The Labute approximate surface area is 143 Å². The zero-order chi connectivity index (χ0) is 17.1. The van der Waals surface area contributed by atoms with Gasteiger partial charge in [-0.2, -0.15) is 5.10 Å². The molecule has 2 fully saturated rings. The first-order valence-electron chi connectivity index (χ1n) is 8.14. The van der Waals surface area contributed by atoms with Crippen LogP contribution in [0.5, 0.6) is 0 Å². The molecule has 1 aromatic rings. The van der Waals surface area contributed by atoms with Crippen molar-refractivity contribution in [1.82, 2.24) is 25.7 Å². The second-order valence-electron chi connectivity index (χ2n) is 6.25. The highest BCUT2D eigenvalue weighted by atomic mass is 35.5. The van der Waals surface area contributed by atoms with Gasteiger partial charge in [-0.1, -0.05) is 11.6 Å². The summed E-state index contributed by atoms with van der Waals surface area (Å²) in [4.78, 5) is 37.7. The van der Waals surface area contributed by atoms with Gasteiger partial charge in [0.1, 0.15) is 10.7 Å². The molecule has 3 amide bonds. The van der Waals surface area contributed by atoms with Gasteiger partial charge in [-0.05, 0) is 38.2 Å². The molecule has 0 unspecified atom stereocenters. The van der Waals surface area contributed by atoms with Gasteiger partial charge in [-0.25, -0.2) is 9.89 Å². The first kappa shape index (κ1) is 16.8. The quantitative estimate of drug-likeness (QED) is 0.749. The van der Waals surface area contributed by atoms with E-state index >= 15 is 0 Å². The zero-order valence-electron chi connectivity index (χ0n) is 13.2. The van der Waals surface area contributed by atoms with Crippen molar-refractivity contribution >= 4 is 23.5 Å². The van der Waals surface area contributed by atoms with E-state index in [1.165, 1.54) is 12.5 Å². The van der Waals surface area contributed by atoms with Gasteiger partial charge in [-0.3, -0.25) is 9.59 Å². The average molecular weight is 354 g/mol. The van der Waals surface area contributed by atoms with E-state index in [0.717, 1.165) is 12.8 Å². The minimum Gasteiger partial charge on any atom is -0.349 e. The minimum absolute atomic E-state index is 0.0261. The molecule has 1 saturated heterocycles. The maximum absolute atomic E-state index is 12.2. The fraction of sp³-hybridized carbons (Fsp3) is 0.600. The van der Waals surface area contributed by atoms with Gasteiger partial charge in [0.25, 0.3) is 11.5 Å². The third-order valence-corrected chi connectivity index (χ3v) is 4.76. The van der Waals surface area contributed by atoms with Crippen molar-refractivity contribution in [3.63, 3.8) is 0 Å². The third kappa shape index (κ3) is 3.87. The highest BCUT2D eigenvalue weighted by molar-refractivity contribution is 6.29. The lowest BCUT2D eigenvalue weighted by molar-refractivity contribution is 0.0915. The minimum atomic E-state index is -0.575. The lowest BCUT2D eigenvalue weighted by atomic mass is 9.93. The van der Waals surface area contributed by atoms with E-state index in [2.05, 4.69) is 20.8 Å². The average Bonchev–Trinajstić information content (AvgIpc) is 2.53. The van der Waals surface area contributed by atoms with Crippen LogP contribution in [0.2, 0.25) is 5.15 Å². The Morgan fingerprint density at radius 2 is 1.83 bits per heavy atom. The predicted octanol–water partition coefficient (Wildman–Crippen LogP) is 0.880. The van der Waals surface area contributed by atoms with Crippen LogP contribution in [-0.2, 0) is 0 Å². The molecule has 9 heteroatoms. The number of hydrogen-bond acceptors (Lipinski definition) is 4. The van der Waals surface area contributed by atoms with Gasteiger partial charge in [0.05, 0.1) is 0 Å². The molecule has 0 radical (unpaired) electrons. The van der Waals surface area contributed by atoms with Gasteiger partial charge in [0, 0.05) is 25.2 Å². The van der Waals surface area contributed by atoms with E-state index in [4.69, 9.17) is 11.6 Å². The molecule has 2 heterocycles. The highest BCUT2D eigenvalue weighted by Gasteiger charge is 2.27. The Morgan fingerprint density at radius 1 is 1.17 bits per heavy atom. The van der Waals surface area contributed by atoms with Crippen molar-refractivity contribution in [2.75, 3.05) is 13.1 Å². The molecular formula is C15H20ClN5O3. The maximum Gasteiger partial charge on any atom is 0.317 e. The molecule has 0 bridgehead atoms. The fourth-order valence-electron chi connectivity index (χ4n) is 2.86. The van der Waals surface area contributed by atoms with Crippen molar-refractivity contribution in [1.29, 1.82) is 0 Å². The third-order valence-electron chi connectivity index (χ3n) is 4.57. The maximum atomic E-state index is 12.2. The first-order chi connectivity index (χ1) is 11.5. The van der Waals surface area contributed by atoms with Crippen LogP contribution in [0.25, 0.3) is 0 Å². The summed E-state index contributed by atoms with van der Waals surface area (Å²) in [6, 6.07) is 1.47. The van der Waals surface area contributed by atoms with E-state index in [1.807, 2.05) is 0 Å². The van der Waals surface area contributed by atoms with Crippen molar-refractivity contribution < 1.29 is 9.59 Å². The Balaban J connectivity index is 1.49. The summed E-state index contributed by atoms with van der Waals surface area (Å²) < 4.78 is 0. The highest BCUT2D eigenvalue weighted by Crippen LogP contribution is 2.19. The summed E-state index contributed by atoms with van der Waals surface area (Å²) in [5.41, 5.74) is -0.630. The Morgan fingerprint density at radius 3 is 2.46 bits per heavy atom. The molecule has 1 aliphatic carbocycles. The summed E-state index contributed by atoms with van der Waals surface area (Å²) in [7, 11) is 0. The number of halogens is 1. The number of amides is 3. The first-order valence-corrected chi connectivity index (χ1v) is 8.52. The number of rotatable bonds is 3. The number of H-pyrrole nitrogens is 1. The van der Waals surface area contributed by atoms with Crippen molar-refractivity contribution in [3.05, 3.63) is 27.1 Å². The van der Waals surface area contributed by atoms with Crippen LogP contribution in [-0.4, -0.2) is 52.2 Å². The molecular weight excluding hydrogens is 334 g/mol. The number of piperidine rings is 1. The summed E-state index contributed by atoms with van der Waals surface area (Å²) in [6.07, 6.45) is 4.60. The number of urea groups is 1. The smallest absolute Gasteiger partial charge is 0.317 e. The lowest BCUT2D eigenvalue weighted by Crippen LogP contribution is -2.52. The van der Waals surface area contributed by atoms with Gasteiger partial charge in [0.2, 0.25) is 0 Å². The van der Waals surface area contributed by atoms with Crippen molar-refractivity contribution in [2.45, 2.75) is 44.2 Å². The molecule has 2 aliphatic rings. The van der Waals surface area contributed by atoms with Gasteiger partial charge < -0.3 is 15.5 Å². The molecule has 1 aliphatic heterocycles. The van der Waals surface area contributed by atoms with E-state index in [1.54, 1.807) is 4.90 Å². The lowest BCUT2D eigenvalue weighted by Gasteiger charge is -2.35. The molecule has 130 valence electrons. The summed E-state index contributed by atoms with van der Waals surface area (Å²) in [5.74, 6) is -0.474.